The zero-order valence-electron chi connectivity index (χ0n) is 22.2. The third-order valence-electron chi connectivity index (χ3n) is 7.53. The van der Waals surface area contributed by atoms with Gasteiger partial charge in [-0.25, -0.2) is 23.1 Å². The number of rotatable bonds is 9. The molecule has 0 atom stereocenters. The first-order valence-electron chi connectivity index (χ1n) is 13.3. The predicted molar refractivity (Wildman–Crippen MR) is 156 cm³/mol. The summed E-state index contributed by atoms with van der Waals surface area (Å²) in [6.07, 6.45) is 5.25. The highest BCUT2D eigenvalue weighted by Crippen LogP contribution is 2.43. The molecule has 0 saturated heterocycles. The van der Waals surface area contributed by atoms with Crippen molar-refractivity contribution in [2.45, 2.75) is 37.3 Å². The zero-order chi connectivity index (χ0) is 27.7. The number of nitrogens with one attached hydrogen (secondary N) is 1. The Hall–Kier alpha value is -4.21. The fraction of sp³-hybridized carbons (Fsp3) is 0.226. The summed E-state index contributed by atoms with van der Waals surface area (Å²) in [6, 6.07) is 25.1. The van der Waals surface area contributed by atoms with Gasteiger partial charge in [0.15, 0.2) is 0 Å². The van der Waals surface area contributed by atoms with E-state index in [1.807, 2.05) is 61.5 Å². The van der Waals surface area contributed by atoms with Gasteiger partial charge in [-0.05, 0) is 61.1 Å². The average molecular weight is 554 g/mol. The van der Waals surface area contributed by atoms with Gasteiger partial charge in [0.2, 0.25) is 10.0 Å². The number of sulfonamides is 1. The zero-order valence-corrected chi connectivity index (χ0v) is 23.0. The fourth-order valence-electron chi connectivity index (χ4n) is 5.22. The first kappa shape index (κ1) is 26.0. The minimum atomic E-state index is -3.54. The lowest BCUT2D eigenvalue weighted by Gasteiger charge is -2.36. The quantitative estimate of drug-likeness (QED) is 0.249. The lowest BCUT2D eigenvalue weighted by Crippen LogP contribution is -2.37. The van der Waals surface area contributed by atoms with E-state index in [2.05, 4.69) is 25.5 Å². The number of fused-ring (bicyclic) bond motifs is 1. The summed E-state index contributed by atoms with van der Waals surface area (Å²) < 4.78 is 36.4. The second-order valence-electron chi connectivity index (χ2n) is 10.4. The van der Waals surface area contributed by atoms with Crippen LogP contribution in [0.15, 0.2) is 96.3 Å². The molecule has 0 aliphatic heterocycles. The smallest absolute Gasteiger partial charge is 0.240 e. The normalized spacial score (nSPS) is 17.0. The maximum Gasteiger partial charge on any atom is 0.240 e. The van der Waals surface area contributed by atoms with Crippen LogP contribution >= 0.6 is 0 Å². The van der Waals surface area contributed by atoms with Crippen molar-refractivity contribution in [1.29, 1.82) is 0 Å². The van der Waals surface area contributed by atoms with Gasteiger partial charge in [-0.1, -0.05) is 60.2 Å². The summed E-state index contributed by atoms with van der Waals surface area (Å²) in [5, 5.41) is 0.811. The van der Waals surface area contributed by atoms with Gasteiger partial charge in [0.1, 0.15) is 30.1 Å². The first-order chi connectivity index (χ1) is 19.4. The molecular formula is C31H31N5O3S. The minimum Gasteiger partial charge on any atom is -0.489 e. The van der Waals surface area contributed by atoms with E-state index < -0.39 is 10.0 Å². The summed E-state index contributed by atoms with van der Waals surface area (Å²) in [5.74, 6) is 1.43. The van der Waals surface area contributed by atoms with Crippen LogP contribution in [0.2, 0.25) is 0 Å². The Balaban J connectivity index is 1.18. The van der Waals surface area contributed by atoms with Crippen molar-refractivity contribution in [2.75, 3.05) is 12.3 Å². The molecule has 40 heavy (non-hydrogen) atoms. The lowest BCUT2D eigenvalue weighted by molar-refractivity contribution is 0.204. The number of nitrogen functional groups attached to an aromatic ring is 1. The predicted octanol–water partition coefficient (Wildman–Crippen LogP) is 5.50. The Morgan fingerprint density at radius 1 is 1.00 bits per heavy atom. The lowest BCUT2D eigenvalue weighted by atomic mass is 9.80. The first-order valence-corrected chi connectivity index (χ1v) is 14.8. The highest BCUT2D eigenvalue weighted by atomic mass is 32.2. The Bertz CT molecular complexity index is 1750. The van der Waals surface area contributed by atoms with Crippen molar-refractivity contribution in [3.05, 3.63) is 103 Å². The van der Waals surface area contributed by atoms with Crippen molar-refractivity contribution < 1.29 is 13.2 Å². The highest BCUT2D eigenvalue weighted by molar-refractivity contribution is 7.89. The summed E-state index contributed by atoms with van der Waals surface area (Å²) in [5.41, 5.74) is 11.2. The van der Waals surface area contributed by atoms with Crippen LogP contribution < -0.4 is 15.2 Å². The summed E-state index contributed by atoms with van der Waals surface area (Å²) in [7, 11) is -3.54. The van der Waals surface area contributed by atoms with E-state index in [0.29, 0.717) is 19.0 Å². The number of nitrogens with two attached hydrogens (primary N) is 1. The third-order valence-corrected chi connectivity index (χ3v) is 8.97. The molecule has 3 N–H and O–H groups in total. The molecule has 9 heteroatoms. The monoisotopic (exact) mass is 553 g/mol. The Morgan fingerprint density at radius 3 is 2.55 bits per heavy atom. The minimum absolute atomic E-state index is 0.192. The van der Waals surface area contributed by atoms with Gasteiger partial charge < -0.3 is 15.0 Å². The summed E-state index contributed by atoms with van der Waals surface area (Å²) in [4.78, 5) is 9.12. The molecule has 1 aliphatic carbocycles. The number of nitrogens with zero attached hydrogens (tertiary/aromatic N) is 3. The van der Waals surface area contributed by atoms with E-state index in [1.165, 1.54) is 6.33 Å². The number of hydrogen-bond acceptors (Lipinski definition) is 6. The average Bonchev–Trinajstić information content (AvgIpc) is 3.33. The van der Waals surface area contributed by atoms with E-state index in [9.17, 15) is 8.42 Å². The number of benzene rings is 3. The van der Waals surface area contributed by atoms with Crippen LogP contribution in [0.25, 0.3) is 22.2 Å². The molecule has 1 aliphatic rings. The van der Waals surface area contributed by atoms with E-state index in [4.69, 9.17) is 10.5 Å². The molecule has 0 bridgehead atoms. The molecule has 204 valence electrons. The van der Waals surface area contributed by atoms with Crippen LogP contribution in [-0.4, -0.2) is 29.5 Å². The largest absolute Gasteiger partial charge is 0.489 e. The fourth-order valence-corrected chi connectivity index (χ4v) is 6.34. The Labute approximate surface area is 233 Å². The molecule has 0 amide bonds. The maximum absolute atomic E-state index is 12.7. The van der Waals surface area contributed by atoms with Crippen molar-refractivity contribution >= 4 is 26.9 Å². The molecule has 3 aromatic carbocycles. The molecule has 0 spiro atoms. The van der Waals surface area contributed by atoms with E-state index in [1.54, 1.807) is 24.3 Å². The number of aromatic nitrogens is 3. The number of aryl methyl sites for hydroxylation is 1. The molecule has 1 fully saturated rings. The van der Waals surface area contributed by atoms with Crippen molar-refractivity contribution in [3.63, 3.8) is 0 Å². The van der Waals surface area contributed by atoms with Crippen molar-refractivity contribution in [1.82, 2.24) is 19.3 Å². The molecule has 2 aromatic heterocycles. The van der Waals surface area contributed by atoms with Crippen LogP contribution in [-0.2, 0) is 16.6 Å². The molecule has 0 unspecified atom stereocenters. The van der Waals surface area contributed by atoms with Gasteiger partial charge in [-0.15, -0.1) is 0 Å². The summed E-state index contributed by atoms with van der Waals surface area (Å²) in [6.45, 7) is 2.81. The number of hydrogen-bond donors (Lipinski definition) is 2. The van der Waals surface area contributed by atoms with Gasteiger partial charge in [-0.2, -0.15) is 0 Å². The molecule has 1 saturated carbocycles. The standard InChI is InChI=1S/C31H31N5O3S/c1-21-10-12-27(13-11-21)40(37,38)35-17-23-14-25(15-23)36-18-28(29-30(32)33-20-34-31(29)36)24-8-5-9-26(16-24)39-19-22-6-3-2-4-7-22/h2-13,16,18,20,23,25,35H,14-15,17,19H2,1H3,(H2,32,33,34)/t23-,25-. The van der Waals surface area contributed by atoms with Crippen LogP contribution in [0, 0.1) is 12.8 Å². The van der Waals surface area contributed by atoms with Crippen LogP contribution in [0.5, 0.6) is 5.75 Å². The number of anilines is 1. The van der Waals surface area contributed by atoms with Crippen LogP contribution in [0.4, 0.5) is 5.82 Å². The molecule has 0 radical (unpaired) electrons. The highest BCUT2D eigenvalue weighted by Gasteiger charge is 2.33. The Morgan fingerprint density at radius 2 is 1.77 bits per heavy atom. The van der Waals surface area contributed by atoms with E-state index in [-0.39, 0.29) is 16.9 Å². The van der Waals surface area contributed by atoms with Gasteiger partial charge in [0, 0.05) is 24.3 Å². The van der Waals surface area contributed by atoms with E-state index in [0.717, 1.165) is 51.9 Å². The second-order valence-corrected chi connectivity index (χ2v) is 12.1. The van der Waals surface area contributed by atoms with E-state index >= 15 is 0 Å². The maximum atomic E-state index is 12.7. The number of ether oxygens (including phenoxy) is 1. The van der Waals surface area contributed by atoms with Crippen LogP contribution in [0.1, 0.15) is 30.0 Å². The Kier molecular flexibility index (Phi) is 7.00. The van der Waals surface area contributed by atoms with Crippen molar-refractivity contribution in [2.24, 2.45) is 5.92 Å². The van der Waals surface area contributed by atoms with Gasteiger partial charge >= 0.3 is 0 Å². The van der Waals surface area contributed by atoms with Crippen LogP contribution in [0.3, 0.4) is 0 Å². The molecule has 8 nitrogen and oxygen atoms in total. The molecule has 2 heterocycles. The molecule has 5 aromatic rings. The van der Waals surface area contributed by atoms with Gasteiger partial charge in [0.05, 0.1) is 10.3 Å². The molecular weight excluding hydrogens is 522 g/mol. The summed E-state index contributed by atoms with van der Waals surface area (Å²) >= 11 is 0. The third kappa shape index (κ3) is 5.30. The second kappa shape index (κ2) is 10.7. The van der Waals surface area contributed by atoms with Crippen molar-refractivity contribution in [3.8, 4) is 16.9 Å². The SMILES string of the molecule is Cc1ccc(S(=O)(=O)NC[C@H]2C[C@H](n3cc(-c4cccc(OCc5ccccc5)c4)c4c(N)ncnc43)C2)cc1. The molecule has 6 rings (SSSR count). The van der Waals surface area contributed by atoms with Gasteiger partial charge in [0.25, 0.3) is 0 Å². The topological polar surface area (TPSA) is 112 Å². The van der Waals surface area contributed by atoms with Gasteiger partial charge in [-0.3, -0.25) is 0 Å².